The number of ether oxygens (including phenoxy) is 3. The van der Waals surface area contributed by atoms with E-state index in [2.05, 4.69) is 0 Å². The molecule has 0 aromatic heterocycles. The maximum absolute atomic E-state index is 12.2. The highest BCUT2D eigenvalue weighted by Crippen LogP contribution is 2.18. The Balaban J connectivity index is 1.81. The van der Waals surface area contributed by atoms with Crippen LogP contribution in [0.3, 0.4) is 0 Å². The molecular weight excluding hydrogens is 310 g/mol. The lowest BCUT2D eigenvalue weighted by atomic mass is 9.99. The fraction of sp³-hybridized carbons (Fsp3) is 0.556. The number of benzene rings is 1. The molecule has 1 aromatic rings. The quantitative estimate of drug-likeness (QED) is 0.748. The average Bonchev–Trinajstić information content (AvgIpc) is 2.61. The van der Waals surface area contributed by atoms with Gasteiger partial charge >= 0.3 is 12.1 Å². The van der Waals surface area contributed by atoms with Gasteiger partial charge in [0, 0.05) is 6.54 Å². The smallest absolute Gasteiger partial charge is 0.410 e. The van der Waals surface area contributed by atoms with E-state index in [1.165, 1.54) is 0 Å². The van der Waals surface area contributed by atoms with E-state index in [0.717, 1.165) is 5.56 Å². The monoisotopic (exact) mass is 335 g/mol. The summed E-state index contributed by atoms with van der Waals surface area (Å²) >= 11 is 0. The third-order valence-corrected chi connectivity index (χ3v) is 3.99. The van der Waals surface area contributed by atoms with Crippen LogP contribution in [0.2, 0.25) is 0 Å². The molecule has 0 saturated carbocycles. The van der Waals surface area contributed by atoms with Crippen LogP contribution in [0.5, 0.6) is 0 Å². The first-order valence-corrected chi connectivity index (χ1v) is 8.33. The maximum Gasteiger partial charge on any atom is 0.410 e. The predicted molar refractivity (Wildman–Crippen MR) is 88.4 cm³/mol. The SMILES string of the molecule is CCOC(=O)CC(C)[C@@H]1CN(C(=O)OCc2ccccc2)CCO1. The second-order valence-corrected chi connectivity index (χ2v) is 5.88. The lowest BCUT2D eigenvalue weighted by molar-refractivity contribution is -0.146. The van der Waals surface area contributed by atoms with E-state index in [9.17, 15) is 9.59 Å². The minimum Gasteiger partial charge on any atom is -0.466 e. The van der Waals surface area contributed by atoms with Crippen LogP contribution in [0.1, 0.15) is 25.8 Å². The van der Waals surface area contributed by atoms with Gasteiger partial charge in [-0.05, 0) is 18.4 Å². The Morgan fingerprint density at radius 1 is 1.29 bits per heavy atom. The van der Waals surface area contributed by atoms with Gasteiger partial charge in [-0.1, -0.05) is 37.3 Å². The number of hydrogen-bond donors (Lipinski definition) is 0. The molecule has 6 nitrogen and oxygen atoms in total. The largest absolute Gasteiger partial charge is 0.466 e. The molecular formula is C18H25NO5. The van der Waals surface area contributed by atoms with Crippen LogP contribution in [0.25, 0.3) is 0 Å². The van der Waals surface area contributed by atoms with Gasteiger partial charge in [0.2, 0.25) is 0 Å². The van der Waals surface area contributed by atoms with Crippen molar-refractivity contribution in [2.75, 3.05) is 26.3 Å². The van der Waals surface area contributed by atoms with Gasteiger partial charge in [0.25, 0.3) is 0 Å². The number of amides is 1. The fourth-order valence-corrected chi connectivity index (χ4v) is 2.61. The van der Waals surface area contributed by atoms with Gasteiger partial charge in [-0.2, -0.15) is 0 Å². The van der Waals surface area contributed by atoms with E-state index in [4.69, 9.17) is 14.2 Å². The summed E-state index contributed by atoms with van der Waals surface area (Å²) in [7, 11) is 0. The Kier molecular flexibility index (Phi) is 7.06. The molecule has 6 heteroatoms. The van der Waals surface area contributed by atoms with Crippen molar-refractivity contribution in [3.63, 3.8) is 0 Å². The van der Waals surface area contributed by atoms with Gasteiger partial charge in [0.1, 0.15) is 6.61 Å². The van der Waals surface area contributed by atoms with Crippen LogP contribution >= 0.6 is 0 Å². The highest BCUT2D eigenvalue weighted by atomic mass is 16.6. The highest BCUT2D eigenvalue weighted by molar-refractivity contribution is 5.70. The number of carbonyl (C=O) groups is 2. The van der Waals surface area contributed by atoms with Crippen LogP contribution in [0.4, 0.5) is 4.79 Å². The van der Waals surface area contributed by atoms with E-state index in [-0.39, 0.29) is 37.1 Å². The molecule has 0 aliphatic carbocycles. The van der Waals surface area contributed by atoms with Crippen LogP contribution in [-0.4, -0.2) is 49.4 Å². The molecule has 2 atom stereocenters. The Labute approximate surface area is 142 Å². The lowest BCUT2D eigenvalue weighted by Gasteiger charge is -2.35. The van der Waals surface area contributed by atoms with Crippen molar-refractivity contribution in [3.05, 3.63) is 35.9 Å². The normalized spacial score (nSPS) is 18.8. The summed E-state index contributed by atoms with van der Waals surface area (Å²) in [5.41, 5.74) is 0.950. The van der Waals surface area contributed by atoms with Crippen molar-refractivity contribution < 1.29 is 23.8 Å². The summed E-state index contributed by atoms with van der Waals surface area (Å²) in [6.45, 7) is 5.70. The molecule has 0 N–H and O–H groups in total. The molecule has 132 valence electrons. The van der Waals surface area contributed by atoms with E-state index < -0.39 is 0 Å². The molecule has 1 aliphatic rings. The first-order chi connectivity index (χ1) is 11.6. The Bertz CT molecular complexity index is 533. The van der Waals surface area contributed by atoms with E-state index in [0.29, 0.717) is 26.3 Å². The Hall–Kier alpha value is -2.08. The van der Waals surface area contributed by atoms with Gasteiger partial charge in [0.15, 0.2) is 0 Å². The molecule has 0 bridgehead atoms. The van der Waals surface area contributed by atoms with Gasteiger partial charge in [0.05, 0.1) is 32.3 Å². The molecule has 0 radical (unpaired) electrons. The summed E-state index contributed by atoms with van der Waals surface area (Å²) in [6, 6.07) is 9.56. The zero-order chi connectivity index (χ0) is 17.4. The molecule has 1 saturated heterocycles. The molecule has 24 heavy (non-hydrogen) atoms. The maximum atomic E-state index is 12.2. The zero-order valence-corrected chi connectivity index (χ0v) is 14.3. The number of carbonyl (C=O) groups excluding carboxylic acids is 2. The number of nitrogens with zero attached hydrogens (tertiary/aromatic N) is 1. The molecule has 1 fully saturated rings. The van der Waals surface area contributed by atoms with Crippen molar-refractivity contribution in [3.8, 4) is 0 Å². The van der Waals surface area contributed by atoms with Gasteiger partial charge in [-0.25, -0.2) is 4.79 Å². The highest BCUT2D eigenvalue weighted by Gasteiger charge is 2.30. The molecule has 0 spiro atoms. The van der Waals surface area contributed by atoms with Crippen molar-refractivity contribution in [1.29, 1.82) is 0 Å². The van der Waals surface area contributed by atoms with Gasteiger partial charge in [-0.3, -0.25) is 4.79 Å². The number of morpholine rings is 1. The summed E-state index contributed by atoms with van der Waals surface area (Å²) in [6.07, 6.45) is -0.256. The van der Waals surface area contributed by atoms with E-state index in [1.54, 1.807) is 11.8 Å². The summed E-state index contributed by atoms with van der Waals surface area (Å²) in [5.74, 6) is -0.258. The average molecular weight is 335 g/mol. The number of hydrogen-bond acceptors (Lipinski definition) is 5. The van der Waals surface area contributed by atoms with Gasteiger partial charge in [-0.15, -0.1) is 0 Å². The van der Waals surface area contributed by atoms with Crippen molar-refractivity contribution in [1.82, 2.24) is 4.90 Å². The first-order valence-electron chi connectivity index (χ1n) is 8.33. The Morgan fingerprint density at radius 3 is 2.75 bits per heavy atom. The van der Waals surface area contributed by atoms with Crippen molar-refractivity contribution in [2.45, 2.75) is 33.0 Å². The molecule has 1 aromatic carbocycles. The Morgan fingerprint density at radius 2 is 2.04 bits per heavy atom. The second kappa shape index (κ2) is 9.27. The number of esters is 1. The lowest BCUT2D eigenvalue weighted by Crippen LogP contribution is -2.48. The third kappa shape index (κ3) is 5.53. The standard InChI is InChI=1S/C18H25NO5/c1-3-22-17(20)11-14(2)16-12-19(9-10-23-16)18(21)24-13-15-7-5-4-6-8-15/h4-8,14,16H,3,9-13H2,1-2H3/t14?,16-/m0/s1. The summed E-state index contributed by atoms with van der Waals surface area (Å²) in [5, 5.41) is 0. The van der Waals surface area contributed by atoms with Crippen LogP contribution in [-0.2, 0) is 25.6 Å². The first kappa shape index (κ1) is 18.3. The second-order valence-electron chi connectivity index (χ2n) is 5.88. The molecule has 1 aliphatic heterocycles. The fourth-order valence-electron chi connectivity index (χ4n) is 2.61. The predicted octanol–water partition coefficient (Wildman–Crippen LogP) is 2.61. The van der Waals surface area contributed by atoms with Gasteiger partial charge < -0.3 is 19.1 Å². The van der Waals surface area contributed by atoms with Crippen molar-refractivity contribution >= 4 is 12.1 Å². The van der Waals surface area contributed by atoms with Crippen molar-refractivity contribution in [2.24, 2.45) is 5.92 Å². The van der Waals surface area contributed by atoms with Crippen LogP contribution < -0.4 is 0 Å². The summed E-state index contributed by atoms with van der Waals surface area (Å²) in [4.78, 5) is 25.4. The molecule has 1 heterocycles. The van der Waals surface area contributed by atoms with E-state index in [1.807, 2.05) is 37.3 Å². The van der Waals surface area contributed by atoms with Crippen LogP contribution in [0, 0.1) is 5.92 Å². The van der Waals surface area contributed by atoms with E-state index >= 15 is 0 Å². The number of rotatable bonds is 6. The molecule has 2 rings (SSSR count). The third-order valence-electron chi connectivity index (χ3n) is 3.99. The minimum atomic E-state index is -0.351. The van der Waals surface area contributed by atoms with Crippen LogP contribution in [0.15, 0.2) is 30.3 Å². The minimum absolute atomic E-state index is 0.0197. The topological polar surface area (TPSA) is 65.1 Å². The summed E-state index contributed by atoms with van der Waals surface area (Å²) < 4.78 is 16.0. The zero-order valence-electron chi connectivity index (χ0n) is 14.3. The molecule has 1 unspecified atom stereocenters. The molecule has 1 amide bonds.